The van der Waals surface area contributed by atoms with Crippen LogP contribution in [0.3, 0.4) is 0 Å². The third kappa shape index (κ3) is 3.10. The van der Waals surface area contributed by atoms with Gasteiger partial charge in [-0.05, 0) is 26.0 Å². The monoisotopic (exact) mass is 287 g/mol. The van der Waals surface area contributed by atoms with Crippen LogP contribution in [-0.4, -0.2) is 30.1 Å². The molecular weight excluding hydrogens is 270 g/mol. The first-order valence-corrected chi connectivity index (χ1v) is 6.38. The summed E-state index contributed by atoms with van der Waals surface area (Å²) in [6.45, 7) is 3.66. The topological polar surface area (TPSA) is 73.3 Å². The highest BCUT2D eigenvalue weighted by Crippen LogP contribution is 2.29. The van der Waals surface area contributed by atoms with Gasteiger partial charge in [-0.3, -0.25) is 4.79 Å². The molecule has 0 aliphatic heterocycles. The summed E-state index contributed by atoms with van der Waals surface area (Å²) >= 11 is 0. The van der Waals surface area contributed by atoms with Crippen LogP contribution in [0.4, 0.5) is 5.69 Å². The normalized spacial score (nSPS) is 10.1. The first-order chi connectivity index (χ1) is 10.1. The van der Waals surface area contributed by atoms with Gasteiger partial charge in [-0.25, -0.2) is 9.97 Å². The third-order valence-electron chi connectivity index (χ3n) is 3.19. The minimum absolute atomic E-state index is 0.287. The van der Waals surface area contributed by atoms with Crippen molar-refractivity contribution in [1.82, 2.24) is 9.97 Å². The number of hydrogen-bond donors (Lipinski definition) is 1. The lowest BCUT2D eigenvalue weighted by Crippen LogP contribution is -2.16. The molecule has 0 bridgehead atoms. The molecule has 2 aromatic rings. The van der Waals surface area contributed by atoms with E-state index in [1.165, 1.54) is 6.33 Å². The molecular formula is C15H17N3O3. The van der Waals surface area contributed by atoms with Gasteiger partial charge in [0.1, 0.15) is 12.0 Å². The second-order valence-electron chi connectivity index (χ2n) is 4.46. The summed E-state index contributed by atoms with van der Waals surface area (Å²) in [7, 11) is 3.10. The van der Waals surface area contributed by atoms with E-state index in [0.717, 1.165) is 11.3 Å². The number of nitrogens with one attached hydrogen (secondary N) is 1. The number of benzene rings is 1. The maximum atomic E-state index is 12.3. The van der Waals surface area contributed by atoms with Crippen molar-refractivity contribution >= 4 is 11.6 Å². The lowest BCUT2D eigenvalue weighted by atomic mass is 10.2. The van der Waals surface area contributed by atoms with Gasteiger partial charge in [0.2, 0.25) is 0 Å². The highest BCUT2D eigenvalue weighted by atomic mass is 16.5. The standard InChI is InChI=1S/C15H17N3O3/c1-9-10(2)16-8-17-14(9)15(19)18-11-5-6-12(20-3)13(7-11)21-4/h5-8H,1-4H3,(H,18,19). The number of rotatable bonds is 4. The molecule has 21 heavy (non-hydrogen) atoms. The number of nitrogens with zero attached hydrogens (tertiary/aromatic N) is 2. The molecule has 0 aliphatic carbocycles. The second-order valence-corrected chi connectivity index (χ2v) is 4.46. The zero-order chi connectivity index (χ0) is 15.4. The Hall–Kier alpha value is -2.63. The molecule has 0 aliphatic rings. The summed E-state index contributed by atoms with van der Waals surface area (Å²) in [5.41, 5.74) is 2.50. The van der Waals surface area contributed by atoms with Gasteiger partial charge in [-0.15, -0.1) is 0 Å². The van der Waals surface area contributed by atoms with Crippen molar-refractivity contribution in [2.45, 2.75) is 13.8 Å². The number of aryl methyl sites for hydroxylation is 1. The largest absolute Gasteiger partial charge is 0.493 e. The Kier molecular flexibility index (Phi) is 4.37. The van der Waals surface area contributed by atoms with Gasteiger partial charge < -0.3 is 14.8 Å². The molecule has 1 heterocycles. The molecule has 2 rings (SSSR count). The lowest BCUT2D eigenvalue weighted by molar-refractivity contribution is 0.102. The van der Waals surface area contributed by atoms with Gasteiger partial charge in [0.15, 0.2) is 11.5 Å². The van der Waals surface area contributed by atoms with Crippen LogP contribution in [0.2, 0.25) is 0 Å². The van der Waals surface area contributed by atoms with Crippen LogP contribution < -0.4 is 14.8 Å². The van der Waals surface area contributed by atoms with E-state index in [1.54, 1.807) is 32.4 Å². The molecule has 1 aromatic carbocycles. The van der Waals surface area contributed by atoms with Crippen LogP contribution >= 0.6 is 0 Å². The Morgan fingerprint density at radius 1 is 1.10 bits per heavy atom. The van der Waals surface area contributed by atoms with E-state index >= 15 is 0 Å². The maximum Gasteiger partial charge on any atom is 0.274 e. The van der Waals surface area contributed by atoms with E-state index < -0.39 is 0 Å². The van der Waals surface area contributed by atoms with E-state index in [-0.39, 0.29) is 5.91 Å². The first kappa shape index (κ1) is 14.8. The van der Waals surface area contributed by atoms with E-state index in [9.17, 15) is 4.79 Å². The molecule has 1 amide bonds. The minimum atomic E-state index is -0.287. The summed E-state index contributed by atoms with van der Waals surface area (Å²) in [6.07, 6.45) is 1.38. The Balaban J connectivity index is 2.25. The Labute approximate surface area is 123 Å². The molecule has 1 aromatic heterocycles. The van der Waals surface area contributed by atoms with Crippen LogP contribution in [0.15, 0.2) is 24.5 Å². The molecule has 0 spiro atoms. The number of aromatic nitrogens is 2. The fourth-order valence-corrected chi connectivity index (χ4v) is 1.87. The van der Waals surface area contributed by atoms with Crippen LogP contribution in [0, 0.1) is 13.8 Å². The van der Waals surface area contributed by atoms with Crippen LogP contribution in [0.1, 0.15) is 21.7 Å². The third-order valence-corrected chi connectivity index (χ3v) is 3.19. The van der Waals surface area contributed by atoms with Gasteiger partial charge in [-0.1, -0.05) is 0 Å². The SMILES string of the molecule is COc1ccc(NC(=O)c2ncnc(C)c2C)cc1OC. The average Bonchev–Trinajstić information content (AvgIpc) is 2.49. The van der Waals surface area contributed by atoms with Crippen molar-refractivity contribution < 1.29 is 14.3 Å². The number of hydrogen-bond acceptors (Lipinski definition) is 5. The lowest BCUT2D eigenvalue weighted by Gasteiger charge is -2.11. The minimum Gasteiger partial charge on any atom is -0.493 e. The number of carbonyl (C=O) groups excluding carboxylic acids is 1. The van der Waals surface area contributed by atoms with Gasteiger partial charge in [0.05, 0.1) is 14.2 Å². The smallest absolute Gasteiger partial charge is 0.274 e. The van der Waals surface area contributed by atoms with Crippen LogP contribution in [0.25, 0.3) is 0 Å². The molecule has 0 saturated carbocycles. The molecule has 6 nitrogen and oxygen atoms in total. The fraction of sp³-hybridized carbons (Fsp3) is 0.267. The summed E-state index contributed by atoms with van der Waals surface area (Å²) < 4.78 is 10.4. The average molecular weight is 287 g/mol. The maximum absolute atomic E-state index is 12.3. The van der Waals surface area contributed by atoms with Crippen molar-refractivity contribution in [1.29, 1.82) is 0 Å². The van der Waals surface area contributed by atoms with Crippen molar-refractivity contribution in [3.8, 4) is 11.5 Å². The summed E-state index contributed by atoms with van der Waals surface area (Å²) in [4.78, 5) is 20.4. The number of methoxy groups -OCH3 is 2. The molecule has 0 radical (unpaired) electrons. The van der Waals surface area contributed by atoms with E-state index in [2.05, 4.69) is 15.3 Å². The zero-order valence-electron chi connectivity index (χ0n) is 12.4. The fourth-order valence-electron chi connectivity index (χ4n) is 1.87. The number of amides is 1. The summed E-state index contributed by atoms with van der Waals surface area (Å²) in [5.74, 6) is 0.862. The van der Waals surface area contributed by atoms with Gasteiger partial charge >= 0.3 is 0 Å². The molecule has 6 heteroatoms. The first-order valence-electron chi connectivity index (χ1n) is 6.38. The van der Waals surface area contributed by atoms with Crippen LogP contribution in [-0.2, 0) is 0 Å². The molecule has 0 atom stereocenters. The molecule has 1 N–H and O–H groups in total. The second kappa shape index (κ2) is 6.21. The van der Waals surface area contributed by atoms with Crippen molar-refractivity contribution in [3.63, 3.8) is 0 Å². The van der Waals surface area contributed by atoms with E-state index in [0.29, 0.717) is 22.9 Å². The van der Waals surface area contributed by atoms with Crippen LogP contribution in [0.5, 0.6) is 11.5 Å². The quantitative estimate of drug-likeness (QED) is 0.934. The summed E-state index contributed by atoms with van der Waals surface area (Å²) in [6, 6.07) is 5.16. The van der Waals surface area contributed by atoms with Gasteiger partial charge in [0, 0.05) is 23.0 Å². The van der Waals surface area contributed by atoms with E-state index in [1.807, 2.05) is 13.8 Å². The highest BCUT2D eigenvalue weighted by Gasteiger charge is 2.14. The van der Waals surface area contributed by atoms with Gasteiger partial charge in [-0.2, -0.15) is 0 Å². The molecule has 0 fully saturated rings. The van der Waals surface area contributed by atoms with E-state index in [4.69, 9.17) is 9.47 Å². The highest BCUT2D eigenvalue weighted by molar-refractivity contribution is 6.04. The van der Waals surface area contributed by atoms with Crippen molar-refractivity contribution in [3.05, 3.63) is 41.5 Å². The predicted molar refractivity (Wildman–Crippen MR) is 79.0 cm³/mol. The van der Waals surface area contributed by atoms with Crippen molar-refractivity contribution in [2.75, 3.05) is 19.5 Å². The summed E-state index contributed by atoms with van der Waals surface area (Å²) in [5, 5.41) is 2.79. The number of carbonyl (C=O) groups is 1. The Morgan fingerprint density at radius 2 is 1.81 bits per heavy atom. The predicted octanol–water partition coefficient (Wildman–Crippen LogP) is 2.36. The Bertz CT molecular complexity index is 671. The zero-order valence-corrected chi connectivity index (χ0v) is 12.4. The molecule has 0 saturated heterocycles. The van der Waals surface area contributed by atoms with Gasteiger partial charge in [0.25, 0.3) is 5.91 Å². The number of anilines is 1. The molecule has 0 unspecified atom stereocenters. The molecule has 110 valence electrons. The number of ether oxygens (including phenoxy) is 2. The van der Waals surface area contributed by atoms with Crippen molar-refractivity contribution in [2.24, 2.45) is 0 Å². The Morgan fingerprint density at radius 3 is 2.48 bits per heavy atom.